The largest absolute Gasteiger partial charge is 0.391 e. The van der Waals surface area contributed by atoms with Crippen LogP contribution in [0.25, 0.3) is 0 Å². The van der Waals surface area contributed by atoms with E-state index in [-0.39, 0.29) is 18.8 Å². The topological polar surface area (TPSA) is 49.7 Å². The molecule has 0 aliphatic carbocycles. The number of ether oxygens (including phenoxy) is 1. The molecule has 0 bridgehead atoms. The summed E-state index contributed by atoms with van der Waals surface area (Å²) in [6.45, 7) is 0.219. The average Bonchev–Trinajstić information content (AvgIpc) is 2.13. The number of rotatable bonds is 1. The molecule has 2 N–H and O–H groups in total. The summed E-state index contributed by atoms with van der Waals surface area (Å²) in [5, 5.41) is 18.1. The minimum absolute atomic E-state index is 0.219. The zero-order chi connectivity index (χ0) is 6.91. The maximum absolute atomic E-state index is 9.21. The van der Waals surface area contributed by atoms with Gasteiger partial charge in [0.15, 0.2) is 5.79 Å². The van der Waals surface area contributed by atoms with Gasteiger partial charge in [0.2, 0.25) is 0 Å². The summed E-state index contributed by atoms with van der Waals surface area (Å²) in [5.74, 6) is -0.938. The molecule has 1 saturated heterocycles. The van der Waals surface area contributed by atoms with Crippen molar-refractivity contribution in [3.63, 3.8) is 0 Å². The van der Waals surface area contributed by atoms with Crippen LogP contribution in [0.5, 0.6) is 0 Å². The molecule has 0 spiro atoms. The first-order valence-corrected chi connectivity index (χ1v) is 3.45. The van der Waals surface area contributed by atoms with Gasteiger partial charge < -0.3 is 14.9 Å². The van der Waals surface area contributed by atoms with Crippen LogP contribution in [-0.4, -0.2) is 34.5 Å². The van der Waals surface area contributed by atoms with Gasteiger partial charge in [-0.25, -0.2) is 0 Å². The lowest BCUT2D eigenvalue weighted by atomic mass is 10.2. The van der Waals surface area contributed by atoms with Gasteiger partial charge in [0, 0.05) is 12.2 Å². The third kappa shape index (κ3) is 1.58. The molecule has 3 nitrogen and oxygen atoms in total. The molecular formula is C5H10O3S. The van der Waals surface area contributed by atoms with Crippen LogP contribution in [0.3, 0.4) is 0 Å². The molecule has 9 heavy (non-hydrogen) atoms. The van der Waals surface area contributed by atoms with Crippen molar-refractivity contribution in [1.82, 2.24) is 0 Å². The van der Waals surface area contributed by atoms with Gasteiger partial charge in [-0.1, -0.05) is 0 Å². The Morgan fingerprint density at radius 2 is 2.44 bits per heavy atom. The third-order valence-electron chi connectivity index (χ3n) is 1.35. The number of aliphatic hydroxyl groups is 2. The number of thiol groups is 1. The number of hydrogen-bond acceptors (Lipinski definition) is 4. The Kier molecular flexibility index (Phi) is 2.00. The lowest BCUT2D eigenvalue weighted by Crippen LogP contribution is -2.29. The first-order valence-electron chi connectivity index (χ1n) is 2.81. The van der Waals surface area contributed by atoms with Gasteiger partial charge in [-0.15, -0.1) is 0 Å². The van der Waals surface area contributed by atoms with Crippen LogP contribution < -0.4 is 0 Å². The highest BCUT2D eigenvalue weighted by Gasteiger charge is 2.36. The van der Waals surface area contributed by atoms with E-state index >= 15 is 0 Å². The van der Waals surface area contributed by atoms with E-state index in [2.05, 4.69) is 12.6 Å². The molecule has 0 aromatic heterocycles. The summed E-state index contributed by atoms with van der Waals surface area (Å²) < 4.78 is 4.83. The molecule has 0 saturated carbocycles. The Morgan fingerprint density at radius 1 is 1.78 bits per heavy atom. The second kappa shape index (κ2) is 2.46. The number of aliphatic hydroxyl groups excluding tert-OH is 1. The first-order chi connectivity index (χ1) is 4.16. The first kappa shape index (κ1) is 7.34. The molecule has 4 heteroatoms. The van der Waals surface area contributed by atoms with Crippen molar-refractivity contribution < 1.29 is 14.9 Å². The molecule has 1 fully saturated rings. The van der Waals surface area contributed by atoms with Crippen molar-refractivity contribution >= 4 is 12.6 Å². The molecular weight excluding hydrogens is 140 g/mol. The van der Waals surface area contributed by atoms with Crippen molar-refractivity contribution in [1.29, 1.82) is 0 Å². The van der Waals surface area contributed by atoms with Crippen LogP contribution in [-0.2, 0) is 4.74 Å². The summed E-state index contributed by atoms with van der Waals surface area (Å²) in [5.41, 5.74) is 0. The predicted octanol–water partition coefficient (Wildman–Crippen LogP) is -0.614. The Hall–Kier alpha value is 0.230. The van der Waals surface area contributed by atoms with Crippen molar-refractivity contribution in [3.8, 4) is 0 Å². The van der Waals surface area contributed by atoms with Gasteiger partial charge in [-0.2, -0.15) is 12.6 Å². The molecule has 2 unspecified atom stereocenters. The second-order valence-electron chi connectivity index (χ2n) is 2.27. The summed E-state index contributed by atoms with van der Waals surface area (Å²) in [6.07, 6.45) is -0.251. The van der Waals surface area contributed by atoms with Crippen molar-refractivity contribution in [2.45, 2.75) is 18.3 Å². The van der Waals surface area contributed by atoms with Crippen molar-refractivity contribution in [2.24, 2.45) is 0 Å². The molecule has 0 aromatic carbocycles. The molecule has 0 amide bonds. The second-order valence-corrected chi connectivity index (χ2v) is 2.59. The van der Waals surface area contributed by atoms with E-state index in [1.54, 1.807) is 0 Å². The summed E-state index contributed by atoms with van der Waals surface area (Å²) in [6, 6.07) is 0. The van der Waals surface area contributed by atoms with E-state index in [1.807, 2.05) is 0 Å². The summed E-state index contributed by atoms with van der Waals surface area (Å²) in [4.78, 5) is 0. The lowest BCUT2D eigenvalue weighted by Gasteiger charge is -2.17. The van der Waals surface area contributed by atoms with Gasteiger partial charge in [-0.3, -0.25) is 0 Å². The van der Waals surface area contributed by atoms with Crippen LogP contribution in [0.1, 0.15) is 6.42 Å². The minimum atomic E-state index is -1.18. The average molecular weight is 150 g/mol. The van der Waals surface area contributed by atoms with Crippen molar-refractivity contribution in [3.05, 3.63) is 0 Å². The highest BCUT2D eigenvalue weighted by molar-refractivity contribution is 7.80. The van der Waals surface area contributed by atoms with E-state index in [0.29, 0.717) is 0 Å². The Morgan fingerprint density at radius 3 is 2.67 bits per heavy atom. The smallest absolute Gasteiger partial charge is 0.176 e. The van der Waals surface area contributed by atoms with Crippen LogP contribution in [0.15, 0.2) is 0 Å². The Labute approximate surface area is 59.1 Å². The SMILES string of the molecule is OC1COC(O)(CS)C1. The normalized spacial score (nSPS) is 43.7. The summed E-state index contributed by atoms with van der Waals surface area (Å²) in [7, 11) is 0. The fourth-order valence-corrected chi connectivity index (χ4v) is 1.07. The van der Waals surface area contributed by atoms with Gasteiger partial charge in [0.25, 0.3) is 0 Å². The van der Waals surface area contributed by atoms with Crippen LogP contribution in [0.2, 0.25) is 0 Å². The standard InChI is InChI=1S/C5H10O3S/c6-4-1-5(7,3-9)8-2-4/h4,6-7,9H,1-3H2. The molecule has 2 atom stereocenters. The van der Waals surface area contributed by atoms with E-state index < -0.39 is 11.9 Å². The molecule has 0 radical (unpaired) electrons. The van der Waals surface area contributed by atoms with Gasteiger partial charge in [0.05, 0.1) is 12.7 Å². The molecule has 1 heterocycles. The highest BCUT2D eigenvalue weighted by Crippen LogP contribution is 2.23. The van der Waals surface area contributed by atoms with E-state index in [0.717, 1.165) is 0 Å². The summed E-state index contributed by atoms with van der Waals surface area (Å²) >= 11 is 3.86. The maximum Gasteiger partial charge on any atom is 0.176 e. The van der Waals surface area contributed by atoms with E-state index in [1.165, 1.54) is 0 Å². The molecule has 1 aliphatic heterocycles. The zero-order valence-electron chi connectivity index (χ0n) is 4.95. The van der Waals surface area contributed by atoms with E-state index in [9.17, 15) is 5.11 Å². The predicted molar refractivity (Wildman–Crippen MR) is 35.4 cm³/mol. The van der Waals surface area contributed by atoms with Crippen molar-refractivity contribution in [2.75, 3.05) is 12.4 Å². The maximum atomic E-state index is 9.21. The van der Waals surface area contributed by atoms with Crippen LogP contribution >= 0.6 is 12.6 Å². The van der Waals surface area contributed by atoms with Gasteiger partial charge >= 0.3 is 0 Å². The van der Waals surface area contributed by atoms with Crippen LogP contribution in [0, 0.1) is 0 Å². The molecule has 1 aliphatic rings. The fourth-order valence-electron chi connectivity index (χ4n) is 0.848. The molecule has 54 valence electrons. The van der Waals surface area contributed by atoms with Gasteiger partial charge in [0.1, 0.15) is 0 Å². The van der Waals surface area contributed by atoms with E-state index in [4.69, 9.17) is 9.84 Å². The zero-order valence-corrected chi connectivity index (χ0v) is 5.84. The van der Waals surface area contributed by atoms with Crippen LogP contribution in [0.4, 0.5) is 0 Å². The third-order valence-corrected chi connectivity index (χ3v) is 1.84. The lowest BCUT2D eigenvalue weighted by molar-refractivity contribution is -0.150. The Bertz CT molecular complexity index is 108. The molecule has 1 rings (SSSR count). The minimum Gasteiger partial charge on any atom is -0.391 e. The monoisotopic (exact) mass is 150 g/mol. The molecule has 0 aromatic rings. The Balaban J connectivity index is 2.45. The van der Waals surface area contributed by atoms with Gasteiger partial charge in [-0.05, 0) is 0 Å². The number of hydrogen-bond donors (Lipinski definition) is 3. The fraction of sp³-hybridized carbons (Fsp3) is 1.00. The highest BCUT2D eigenvalue weighted by atomic mass is 32.1. The quantitative estimate of drug-likeness (QED) is 0.437.